The van der Waals surface area contributed by atoms with Crippen LogP contribution in [0.4, 0.5) is 24.8 Å². The van der Waals surface area contributed by atoms with Crippen LogP contribution < -0.4 is 21.9 Å². The van der Waals surface area contributed by atoms with Gasteiger partial charge in [0.05, 0.1) is 18.7 Å². The van der Waals surface area contributed by atoms with Crippen LogP contribution in [0, 0.1) is 0 Å². The van der Waals surface area contributed by atoms with E-state index in [1.807, 2.05) is 5.43 Å². The number of hydrazine groups is 1. The van der Waals surface area contributed by atoms with Gasteiger partial charge in [-0.3, -0.25) is 4.79 Å². The van der Waals surface area contributed by atoms with Crippen molar-refractivity contribution < 1.29 is 22.7 Å². The summed E-state index contributed by atoms with van der Waals surface area (Å²) in [6, 6.07) is 1.56. The van der Waals surface area contributed by atoms with Crippen LogP contribution in [0.1, 0.15) is 5.56 Å². The third kappa shape index (κ3) is 5.83. The molecule has 1 rings (SSSR count). The molecule has 0 aliphatic rings. The minimum absolute atomic E-state index is 0.111. The molecule has 7 nitrogen and oxygen atoms in total. The number of halogens is 3. The van der Waals surface area contributed by atoms with Gasteiger partial charge >= 0.3 is 6.18 Å². The summed E-state index contributed by atoms with van der Waals surface area (Å²) in [7, 11) is 1.48. The van der Waals surface area contributed by atoms with Crippen LogP contribution in [0.3, 0.4) is 0 Å². The molecule has 0 aliphatic heterocycles. The molecule has 0 saturated carbocycles. The fourth-order valence-corrected chi connectivity index (χ4v) is 1.38. The van der Waals surface area contributed by atoms with Gasteiger partial charge in [0, 0.05) is 13.7 Å². The molecule has 0 atom stereocenters. The lowest BCUT2D eigenvalue weighted by molar-refractivity contribution is -0.137. The van der Waals surface area contributed by atoms with E-state index in [4.69, 9.17) is 10.6 Å². The van der Waals surface area contributed by atoms with Crippen LogP contribution in [-0.2, 0) is 15.7 Å². The molecule has 5 N–H and O–H groups in total. The number of nitrogen functional groups attached to an aromatic ring is 1. The summed E-state index contributed by atoms with van der Waals surface area (Å²) < 4.78 is 42.8. The Hall–Kier alpha value is -2.07. The summed E-state index contributed by atoms with van der Waals surface area (Å²) in [4.78, 5) is 15.2. The normalized spacial score (nSPS) is 11.1. The van der Waals surface area contributed by atoms with Crippen LogP contribution in [-0.4, -0.2) is 37.7 Å². The molecule has 118 valence electrons. The second-order valence-electron chi connectivity index (χ2n) is 3.96. The number of ether oxygens (including phenoxy) is 1. The van der Waals surface area contributed by atoms with Gasteiger partial charge in [0.2, 0.25) is 5.91 Å². The molecule has 0 spiro atoms. The van der Waals surface area contributed by atoms with Crippen molar-refractivity contribution in [3.05, 3.63) is 17.7 Å². The minimum atomic E-state index is -4.54. The number of carbonyl (C=O) groups is 1. The van der Waals surface area contributed by atoms with E-state index in [0.717, 1.165) is 12.1 Å². The molecule has 10 heteroatoms. The molecule has 0 aliphatic carbocycles. The molecule has 21 heavy (non-hydrogen) atoms. The van der Waals surface area contributed by atoms with E-state index in [2.05, 4.69) is 15.6 Å². The first-order valence-corrected chi connectivity index (χ1v) is 5.92. The Labute approximate surface area is 119 Å². The zero-order valence-electron chi connectivity index (χ0n) is 11.3. The molecule has 0 aromatic carbocycles. The van der Waals surface area contributed by atoms with Crippen LogP contribution in [0.25, 0.3) is 0 Å². The Balaban J connectivity index is 2.68. The molecule has 1 amide bonds. The van der Waals surface area contributed by atoms with Crippen LogP contribution >= 0.6 is 0 Å². The number of rotatable bonds is 7. The molecule has 0 saturated heterocycles. The Morgan fingerprint density at radius 1 is 1.38 bits per heavy atom. The molecule has 1 heterocycles. The number of alkyl halides is 3. The Morgan fingerprint density at radius 3 is 2.62 bits per heavy atom. The van der Waals surface area contributed by atoms with E-state index in [1.165, 1.54) is 7.11 Å². The average Bonchev–Trinajstić information content (AvgIpc) is 2.44. The molecule has 0 fully saturated rings. The first kappa shape index (κ1) is 17.0. The van der Waals surface area contributed by atoms with Crippen molar-refractivity contribution in [1.29, 1.82) is 0 Å². The van der Waals surface area contributed by atoms with Crippen molar-refractivity contribution >= 4 is 17.5 Å². The van der Waals surface area contributed by atoms with Gasteiger partial charge in [-0.15, -0.1) is 0 Å². The minimum Gasteiger partial charge on any atom is -0.383 e. The number of nitrogens with zero attached hydrogens (tertiary/aromatic N) is 1. The van der Waals surface area contributed by atoms with Crippen molar-refractivity contribution in [3.8, 4) is 0 Å². The Bertz CT molecular complexity index is 481. The number of methoxy groups -OCH3 is 1. The highest BCUT2D eigenvalue weighted by Gasteiger charge is 2.31. The number of pyridine rings is 1. The predicted molar refractivity (Wildman–Crippen MR) is 70.4 cm³/mol. The first-order valence-electron chi connectivity index (χ1n) is 5.92. The van der Waals surface area contributed by atoms with Gasteiger partial charge in [0.1, 0.15) is 11.6 Å². The molecule has 0 radical (unpaired) electrons. The highest BCUT2D eigenvalue weighted by atomic mass is 19.4. The van der Waals surface area contributed by atoms with Crippen molar-refractivity contribution in [2.45, 2.75) is 6.18 Å². The zero-order chi connectivity index (χ0) is 15.9. The number of carbonyl (C=O) groups excluding carboxylic acids is 1. The van der Waals surface area contributed by atoms with Crippen molar-refractivity contribution in [2.75, 3.05) is 37.5 Å². The Kier molecular flexibility index (Phi) is 6.18. The van der Waals surface area contributed by atoms with Gasteiger partial charge in [-0.05, 0) is 12.1 Å². The monoisotopic (exact) mass is 307 g/mol. The number of nitrogens with one attached hydrogen (secondary N) is 3. The highest BCUT2D eigenvalue weighted by Crippen LogP contribution is 2.31. The van der Waals surface area contributed by atoms with Crippen molar-refractivity contribution in [1.82, 2.24) is 10.3 Å². The van der Waals surface area contributed by atoms with Crippen LogP contribution in [0.5, 0.6) is 0 Å². The summed E-state index contributed by atoms with van der Waals surface area (Å²) in [5, 5.41) is 5.01. The van der Waals surface area contributed by atoms with E-state index in [-0.39, 0.29) is 18.2 Å². The SMILES string of the molecule is COCCNC(=O)CNc1cc(C(F)(F)F)cc(NN)n1. The third-order valence-corrected chi connectivity index (χ3v) is 2.36. The largest absolute Gasteiger partial charge is 0.416 e. The maximum Gasteiger partial charge on any atom is 0.416 e. The molecule has 1 aromatic heterocycles. The first-order chi connectivity index (χ1) is 9.86. The highest BCUT2D eigenvalue weighted by molar-refractivity contribution is 5.80. The number of nitrogens with two attached hydrogens (primary N) is 1. The summed E-state index contributed by atoms with van der Waals surface area (Å²) >= 11 is 0. The lowest BCUT2D eigenvalue weighted by Gasteiger charge is -2.12. The fraction of sp³-hybridized carbons (Fsp3) is 0.455. The quantitative estimate of drug-likeness (QED) is 0.334. The smallest absolute Gasteiger partial charge is 0.383 e. The van der Waals surface area contributed by atoms with E-state index in [1.54, 1.807) is 0 Å². The predicted octanol–water partition coefficient (Wildman–Crippen LogP) is 0.560. The number of amides is 1. The molecule has 1 aromatic rings. The summed E-state index contributed by atoms with van der Waals surface area (Å²) in [5.74, 6) is 4.40. The topological polar surface area (TPSA) is 101 Å². The number of aromatic nitrogens is 1. The third-order valence-electron chi connectivity index (χ3n) is 2.36. The summed E-state index contributed by atoms with van der Waals surface area (Å²) in [6.45, 7) is 0.430. The second-order valence-corrected chi connectivity index (χ2v) is 3.96. The van der Waals surface area contributed by atoms with Crippen LogP contribution in [0.15, 0.2) is 12.1 Å². The van der Waals surface area contributed by atoms with E-state index < -0.39 is 17.6 Å². The number of anilines is 2. The van der Waals surface area contributed by atoms with Gasteiger partial charge in [-0.25, -0.2) is 10.8 Å². The molecule has 0 unspecified atom stereocenters. The van der Waals surface area contributed by atoms with Gasteiger partial charge in [0.15, 0.2) is 0 Å². The van der Waals surface area contributed by atoms with Crippen LogP contribution in [0.2, 0.25) is 0 Å². The number of hydrogen-bond donors (Lipinski definition) is 4. The second kappa shape index (κ2) is 7.64. The lowest BCUT2D eigenvalue weighted by atomic mass is 10.2. The lowest BCUT2D eigenvalue weighted by Crippen LogP contribution is -2.32. The molecular weight excluding hydrogens is 291 g/mol. The van der Waals surface area contributed by atoms with Gasteiger partial charge in [-0.2, -0.15) is 13.2 Å². The standard InChI is InChI=1S/C11H16F3N5O2/c1-21-3-2-16-10(20)6-17-8-4-7(11(12,13)14)5-9(18-8)19-15/h4-5H,2-3,6,15H2,1H3,(H,16,20)(H2,17,18,19). The zero-order valence-corrected chi connectivity index (χ0v) is 11.3. The maximum atomic E-state index is 12.7. The van der Waals surface area contributed by atoms with E-state index >= 15 is 0 Å². The van der Waals surface area contributed by atoms with E-state index in [9.17, 15) is 18.0 Å². The number of hydrogen-bond acceptors (Lipinski definition) is 6. The average molecular weight is 307 g/mol. The molecule has 0 bridgehead atoms. The maximum absolute atomic E-state index is 12.7. The van der Waals surface area contributed by atoms with E-state index in [0.29, 0.717) is 13.2 Å². The van der Waals surface area contributed by atoms with Crippen molar-refractivity contribution in [2.24, 2.45) is 5.84 Å². The fourth-order valence-electron chi connectivity index (χ4n) is 1.38. The molecular formula is C11H16F3N5O2. The summed E-state index contributed by atoms with van der Waals surface area (Å²) in [6.07, 6.45) is -4.54. The van der Waals surface area contributed by atoms with Gasteiger partial charge < -0.3 is 20.8 Å². The van der Waals surface area contributed by atoms with Gasteiger partial charge in [0.25, 0.3) is 0 Å². The Morgan fingerprint density at radius 2 is 2.05 bits per heavy atom. The summed E-state index contributed by atoms with van der Waals surface area (Å²) in [5.41, 5.74) is 1.12. The van der Waals surface area contributed by atoms with Crippen molar-refractivity contribution in [3.63, 3.8) is 0 Å². The van der Waals surface area contributed by atoms with Gasteiger partial charge in [-0.1, -0.05) is 0 Å².